The molecule has 3 N–H and O–H groups in total. The van der Waals surface area contributed by atoms with Crippen LogP contribution in [0.1, 0.15) is 24.5 Å². The van der Waals surface area contributed by atoms with E-state index < -0.39 is 11.7 Å². The van der Waals surface area contributed by atoms with E-state index in [1.807, 2.05) is 40.1 Å². The van der Waals surface area contributed by atoms with E-state index >= 15 is 0 Å². The minimum Gasteiger partial charge on any atom is -0.368 e. The van der Waals surface area contributed by atoms with E-state index in [2.05, 4.69) is 25.9 Å². The second-order valence-corrected chi connectivity index (χ2v) is 9.85. The Kier molecular flexibility index (Phi) is 10.3. The van der Waals surface area contributed by atoms with Crippen molar-refractivity contribution in [2.75, 3.05) is 56.4 Å². The number of nitrogens with one attached hydrogen (secondary N) is 3. The van der Waals surface area contributed by atoms with E-state index in [0.29, 0.717) is 56.7 Å². The molecule has 0 bridgehead atoms. The third-order valence-electron chi connectivity index (χ3n) is 6.60. The molecule has 1 aliphatic heterocycles. The molecule has 3 aromatic rings. The number of halogens is 3. The van der Waals surface area contributed by atoms with Crippen molar-refractivity contribution in [3.05, 3.63) is 71.8 Å². The highest BCUT2D eigenvalue weighted by Crippen LogP contribution is 2.32. The van der Waals surface area contributed by atoms with Gasteiger partial charge in [0.1, 0.15) is 11.6 Å². The lowest BCUT2D eigenvalue weighted by atomic mass is 10.1. The van der Waals surface area contributed by atoms with Gasteiger partial charge in [-0.2, -0.15) is 13.2 Å². The quantitative estimate of drug-likeness (QED) is 0.319. The molecule has 1 fully saturated rings. The van der Waals surface area contributed by atoms with Crippen LogP contribution in [-0.4, -0.2) is 77.4 Å². The number of hydrogen-bond acceptors (Lipinski definition) is 7. The number of carbonyl (C=O) groups is 2. The summed E-state index contributed by atoms with van der Waals surface area (Å²) in [6.07, 6.45) is -3.66. The molecule has 0 radical (unpaired) electrons. The highest BCUT2D eigenvalue weighted by Gasteiger charge is 2.33. The molecule has 1 aromatic heterocycles. The SMILES string of the molecule is CC(=O)NCCNc1cc(NC(=O)CN2CCCN(Cc3ccccc3C(F)(F)F)CC2)nc(-c2ccccc2)n1. The lowest BCUT2D eigenvalue weighted by Crippen LogP contribution is -2.36. The van der Waals surface area contributed by atoms with Crippen molar-refractivity contribution in [1.82, 2.24) is 25.1 Å². The molecule has 12 heteroatoms. The zero-order valence-corrected chi connectivity index (χ0v) is 22.9. The van der Waals surface area contributed by atoms with Gasteiger partial charge in [0.2, 0.25) is 11.8 Å². The van der Waals surface area contributed by atoms with Crippen LogP contribution in [0.15, 0.2) is 60.7 Å². The summed E-state index contributed by atoms with van der Waals surface area (Å²) >= 11 is 0. The number of nitrogens with zero attached hydrogens (tertiary/aromatic N) is 4. The Morgan fingerprint density at radius 2 is 1.56 bits per heavy atom. The molecule has 0 unspecified atom stereocenters. The lowest BCUT2D eigenvalue weighted by Gasteiger charge is -2.23. The Hall–Kier alpha value is -4.03. The van der Waals surface area contributed by atoms with Crippen LogP contribution >= 0.6 is 0 Å². The van der Waals surface area contributed by atoms with Gasteiger partial charge in [0, 0.05) is 51.3 Å². The van der Waals surface area contributed by atoms with Crippen LogP contribution in [0.4, 0.5) is 24.8 Å². The van der Waals surface area contributed by atoms with Crippen LogP contribution in [0.5, 0.6) is 0 Å². The van der Waals surface area contributed by atoms with E-state index in [4.69, 9.17) is 0 Å². The first-order valence-corrected chi connectivity index (χ1v) is 13.5. The maximum atomic E-state index is 13.4. The van der Waals surface area contributed by atoms with Gasteiger partial charge in [0.25, 0.3) is 0 Å². The number of rotatable bonds is 10. The van der Waals surface area contributed by atoms with E-state index in [1.165, 1.54) is 19.1 Å². The van der Waals surface area contributed by atoms with Gasteiger partial charge >= 0.3 is 6.18 Å². The standard InChI is InChI=1S/C29H34F3N7O2/c1-21(40)33-12-13-34-25-18-26(37-28(36-25)22-8-3-2-4-9-22)35-27(41)20-39-15-7-14-38(16-17-39)19-23-10-5-6-11-24(23)29(30,31)32/h2-6,8-11,18H,7,12-17,19-20H2,1H3,(H,33,40)(H2,34,35,36,37,41). The summed E-state index contributed by atoms with van der Waals surface area (Å²) in [5.74, 6) is 0.906. The fourth-order valence-corrected chi connectivity index (χ4v) is 4.65. The van der Waals surface area contributed by atoms with Gasteiger partial charge in [0.15, 0.2) is 5.82 Å². The molecule has 218 valence electrons. The van der Waals surface area contributed by atoms with Crippen LogP contribution < -0.4 is 16.0 Å². The average molecular weight is 570 g/mol. The van der Waals surface area contributed by atoms with E-state index in [9.17, 15) is 22.8 Å². The van der Waals surface area contributed by atoms with Crippen molar-refractivity contribution in [3.63, 3.8) is 0 Å². The monoisotopic (exact) mass is 569 g/mol. The molecule has 1 saturated heterocycles. The zero-order valence-electron chi connectivity index (χ0n) is 22.9. The number of amides is 2. The molecule has 1 aliphatic rings. The molecule has 2 aromatic carbocycles. The van der Waals surface area contributed by atoms with Crippen LogP contribution in [0.2, 0.25) is 0 Å². The minimum atomic E-state index is -4.39. The summed E-state index contributed by atoms with van der Waals surface area (Å²) in [6, 6.07) is 16.7. The summed E-state index contributed by atoms with van der Waals surface area (Å²) in [7, 11) is 0. The smallest absolute Gasteiger partial charge is 0.368 e. The molecule has 0 aliphatic carbocycles. The van der Waals surface area contributed by atoms with Crippen molar-refractivity contribution in [1.29, 1.82) is 0 Å². The van der Waals surface area contributed by atoms with Gasteiger partial charge in [-0.15, -0.1) is 0 Å². The molecule has 2 amide bonds. The molecule has 4 rings (SSSR count). The maximum absolute atomic E-state index is 13.4. The first-order chi connectivity index (χ1) is 19.7. The molecular formula is C29H34F3N7O2. The van der Waals surface area contributed by atoms with Crippen molar-refractivity contribution < 1.29 is 22.8 Å². The van der Waals surface area contributed by atoms with Crippen LogP contribution in [0.25, 0.3) is 11.4 Å². The van der Waals surface area contributed by atoms with Crippen molar-refractivity contribution in [3.8, 4) is 11.4 Å². The Balaban J connectivity index is 1.37. The Bertz CT molecular complexity index is 1320. The van der Waals surface area contributed by atoms with Crippen LogP contribution in [-0.2, 0) is 22.3 Å². The number of benzene rings is 2. The summed E-state index contributed by atoms with van der Waals surface area (Å²) in [5, 5.41) is 8.72. The molecule has 0 atom stereocenters. The van der Waals surface area contributed by atoms with Gasteiger partial charge in [-0.3, -0.25) is 19.4 Å². The number of aromatic nitrogens is 2. The summed E-state index contributed by atoms with van der Waals surface area (Å²) in [6.45, 7) is 5.03. The molecule has 2 heterocycles. The Morgan fingerprint density at radius 3 is 2.32 bits per heavy atom. The fraction of sp³-hybridized carbons (Fsp3) is 0.379. The molecule has 0 spiro atoms. The summed E-state index contributed by atoms with van der Waals surface area (Å²) in [5.41, 5.74) is 0.433. The van der Waals surface area contributed by atoms with E-state index in [1.54, 1.807) is 12.1 Å². The van der Waals surface area contributed by atoms with Gasteiger partial charge in [-0.05, 0) is 31.1 Å². The highest BCUT2D eigenvalue weighted by atomic mass is 19.4. The predicted molar refractivity (Wildman–Crippen MR) is 151 cm³/mol. The minimum absolute atomic E-state index is 0.128. The van der Waals surface area contributed by atoms with Crippen molar-refractivity contribution in [2.24, 2.45) is 0 Å². The van der Waals surface area contributed by atoms with E-state index in [-0.39, 0.29) is 30.5 Å². The highest BCUT2D eigenvalue weighted by molar-refractivity contribution is 5.92. The topological polar surface area (TPSA) is 102 Å². The van der Waals surface area contributed by atoms with Gasteiger partial charge in [0.05, 0.1) is 12.1 Å². The largest absolute Gasteiger partial charge is 0.416 e. The first-order valence-electron chi connectivity index (χ1n) is 13.5. The third-order valence-corrected chi connectivity index (χ3v) is 6.60. The number of carbonyl (C=O) groups excluding carboxylic acids is 2. The fourth-order valence-electron chi connectivity index (χ4n) is 4.65. The molecule has 41 heavy (non-hydrogen) atoms. The van der Waals surface area contributed by atoms with E-state index in [0.717, 1.165) is 18.1 Å². The maximum Gasteiger partial charge on any atom is 0.416 e. The lowest BCUT2D eigenvalue weighted by molar-refractivity contribution is -0.138. The van der Waals surface area contributed by atoms with Crippen molar-refractivity contribution in [2.45, 2.75) is 26.1 Å². The van der Waals surface area contributed by atoms with Crippen molar-refractivity contribution >= 4 is 23.5 Å². The number of anilines is 2. The van der Waals surface area contributed by atoms with Crippen LogP contribution in [0, 0.1) is 0 Å². The summed E-state index contributed by atoms with van der Waals surface area (Å²) < 4.78 is 40.3. The van der Waals surface area contributed by atoms with Gasteiger partial charge in [-0.25, -0.2) is 9.97 Å². The average Bonchev–Trinajstić information content (AvgIpc) is 3.15. The Labute approximate surface area is 237 Å². The molecule has 0 saturated carbocycles. The molecular weight excluding hydrogens is 535 g/mol. The zero-order chi connectivity index (χ0) is 29.2. The Morgan fingerprint density at radius 1 is 0.878 bits per heavy atom. The molecule has 9 nitrogen and oxygen atoms in total. The van der Waals surface area contributed by atoms with Gasteiger partial charge in [-0.1, -0.05) is 48.5 Å². The second-order valence-electron chi connectivity index (χ2n) is 9.85. The second kappa shape index (κ2) is 14.0. The number of hydrogen-bond donors (Lipinski definition) is 3. The normalized spacial score (nSPS) is 14.7. The van der Waals surface area contributed by atoms with Crippen LogP contribution in [0.3, 0.4) is 0 Å². The summed E-state index contributed by atoms with van der Waals surface area (Å²) in [4.78, 5) is 37.2. The third kappa shape index (κ3) is 9.25. The first kappa shape index (κ1) is 29.9. The predicted octanol–water partition coefficient (Wildman–Crippen LogP) is 3.86. The number of alkyl halides is 3. The van der Waals surface area contributed by atoms with Gasteiger partial charge < -0.3 is 16.0 Å².